The molecule has 0 aromatic heterocycles. The molecule has 0 radical (unpaired) electrons. The van der Waals surface area contributed by atoms with E-state index in [9.17, 15) is 9.59 Å². The van der Waals surface area contributed by atoms with Gasteiger partial charge < -0.3 is 10.0 Å². The van der Waals surface area contributed by atoms with Gasteiger partial charge in [0.05, 0.1) is 12.8 Å². The number of amides is 1. The van der Waals surface area contributed by atoms with E-state index in [0.29, 0.717) is 13.0 Å². The molecule has 1 aromatic rings. The van der Waals surface area contributed by atoms with E-state index >= 15 is 0 Å². The first kappa shape index (κ1) is 16.2. The molecule has 1 amide bonds. The minimum absolute atomic E-state index is 0.0186. The van der Waals surface area contributed by atoms with E-state index in [1.807, 2.05) is 39.0 Å². The van der Waals surface area contributed by atoms with Crippen molar-refractivity contribution in [2.75, 3.05) is 6.54 Å². The van der Waals surface area contributed by atoms with Crippen LogP contribution in [-0.2, 0) is 16.0 Å². The van der Waals surface area contributed by atoms with Crippen molar-refractivity contribution >= 4 is 11.9 Å². The van der Waals surface area contributed by atoms with Crippen LogP contribution < -0.4 is 0 Å². The number of hydrogen-bond acceptors (Lipinski definition) is 2. The van der Waals surface area contributed by atoms with Gasteiger partial charge in [0.25, 0.3) is 0 Å². The van der Waals surface area contributed by atoms with Crippen LogP contribution in [0.25, 0.3) is 0 Å². The maximum absolute atomic E-state index is 12.4. The van der Waals surface area contributed by atoms with Gasteiger partial charge in [-0.15, -0.1) is 0 Å². The highest BCUT2D eigenvalue weighted by atomic mass is 16.4. The van der Waals surface area contributed by atoms with Crippen LogP contribution in [-0.4, -0.2) is 34.5 Å². The SMILES string of the molecule is CCN(C(=O)Cc1cc(C)ccc1C)C(C)CC(=O)O. The van der Waals surface area contributed by atoms with Crippen LogP contribution in [0.5, 0.6) is 0 Å². The number of carbonyl (C=O) groups is 2. The Bertz CT molecular complexity index is 496. The number of likely N-dealkylation sites (N-methyl/N-ethyl adjacent to an activating group) is 1. The molecule has 1 N–H and O–H groups in total. The maximum Gasteiger partial charge on any atom is 0.305 e. The molecule has 0 aliphatic heterocycles. The van der Waals surface area contributed by atoms with Gasteiger partial charge in [0, 0.05) is 12.6 Å². The van der Waals surface area contributed by atoms with Gasteiger partial charge in [0.2, 0.25) is 5.91 Å². The minimum atomic E-state index is -0.879. The molecule has 4 heteroatoms. The molecule has 0 saturated carbocycles. The fourth-order valence-corrected chi connectivity index (χ4v) is 2.35. The summed E-state index contributed by atoms with van der Waals surface area (Å²) in [5, 5.41) is 8.84. The van der Waals surface area contributed by atoms with Crippen molar-refractivity contribution in [3.63, 3.8) is 0 Å². The lowest BCUT2D eigenvalue weighted by Gasteiger charge is -2.27. The fourth-order valence-electron chi connectivity index (χ4n) is 2.35. The predicted octanol–water partition coefficient (Wildman–Crippen LogP) is 2.56. The van der Waals surface area contributed by atoms with Crippen molar-refractivity contribution in [1.29, 1.82) is 0 Å². The first-order chi connectivity index (χ1) is 9.35. The average Bonchev–Trinajstić information content (AvgIpc) is 2.33. The lowest BCUT2D eigenvalue weighted by molar-refractivity contribution is -0.140. The van der Waals surface area contributed by atoms with Crippen molar-refractivity contribution in [1.82, 2.24) is 4.90 Å². The highest BCUT2D eigenvalue weighted by molar-refractivity contribution is 5.80. The van der Waals surface area contributed by atoms with Gasteiger partial charge in [0.15, 0.2) is 0 Å². The van der Waals surface area contributed by atoms with Crippen molar-refractivity contribution in [2.45, 2.75) is 46.6 Å². The Hall–Kier alpha value is -1.84. The first-order valence-corrected chi connectivity index (χ1v) is 6.92. The molecule has 0 bridgehead atoms. The predicted molar refractivity (Wildman–Crippen MR) is 78.7 cm³/mol. The normalized spacial score (nSPS) is 12.0. The maximum atomic E-state index is 12.4. The molecule has 0 fully saturated rings. The Morgan fingerprint density at radius 3 is 2.50 bits per heavy atom. The number of hydrogen-bond donors (Lipinski definition) is 1. The Balaban J connectivity index is 2.82. The van der Waals surface area contributed by atoms with Crippen LogP contribution in [0.15, 0.2) is 18.2 Å². The summed E-state index contributed by atoms with van der Waals surface area (Å²) in [6.07, 6.45) is 0.303. The van der Waals surface area contributed by atoms with Gasteiger partial charge in [-0.3, -0.25) is 9.59 Å². The van der Waals surface area contributed by atoms with Crippen LogP contribution in [0.2, 0.25) is 0 Å². The van der Waals surface area contributed by atoms with Gasteiger partial charge in [-0.1, -0.05) is 23.8 Å². The summed E-state index contributed by atoms with van der Waals surface area (Å²) in [6.45, 7) is 8.16. The number of carboxylic acids is 1. The number of benzene rings is 1. The second-order valence-electron chi connectivity index (χ2n) is 5.23. The minimum Gasteiger partial charge on any atom is -0.481 e. The largest absolute Gasteiger partial charge is 0.481 e. The van der Waals surface area contributed by atoms with Crippen molar-refractivity contribution < 1.29 is 14.7 Å². The second kappa shape index (κ2) is 7.08. The lowest BCUT2D eigenvalue weighted by Crippen LogP contribution is -2.40. The summed E-state index contributed by atoms with van der Waals surface area (Å²) < 4.78 is 0. The van der Waals surface area contributed by atoms with E-state index in [1.54, 1.807) is 11.8 Å². The third kappa shape index (κ3) is 4.37. The zero-order valence-corrected chi connectivity index (χ0v) is 12.6. The molecule has 1 atom stereocenters. The Morgan fingerprint density at radius 2 is 1.95 bits per heavy atom. The molecule has 1 rings (SSSR count). The summed E-state index contributed by atoms with van der Waals surface area (Å²) >= 11 is 0. The highest BCUT2D eigenvalue weighted by Crippen LogP contribution is 2.14. The number of carbonyl (C=O) groups excluding carboxylic acids is 1. The van der Waals surface area contributed by atoms with Crippen molar-refractivity contribution in [2.24, 2.45) is 0 Å². The molecular weight excluding hydrogens is 254 g/mol. The number of aryl methyl sites for hydroxylation is 2. The molecule has 4 nitrogen and oxygen atoms in total. The zero-order valence-electron chi connectivity index (χ0n) is 12.6. The van der Waals surface area contributed by atoms with E-state index in [4.69, 9.17) is 5.11 Å². The van der Waals surface area contributed by atoms with Gasteiger partial charge >= 0.3 is 5.97 Å². The van der Waals surface area contributed by atoms with Gasteiger partial charge in [-0.05, 0) is 38.8 Å². The van der Waals surface area contributed by atoms with Crippen LogP contribution in [0.1, 0.15) is 37.0 Å². The number of carboxylic acid groups (broad SMARTS) is 1. The molecule has 0 spiro atoms. The molecule has 20 heavy (non-hydrogen) atoms. The Morgan fingerprint density at radius 1 is 1.30 bits per heavy atom. The second-order valence-corrected chi connectivity index (χ2v) is 5.23. The van der Waals surface area contributed by atoms with Crippen LogP contribution in [0.3, 0.4) is 0 Å². The van der Waals surface area contributed by atoms with Crippen LogP contribution in [0, 0.1) is 13.8 Å². The van der Waals surface area contributed by atoms with Crippen molar-refractivity contribution in [3.8, 4) is 0 Å². The third-order valence-electron chi connectivity index (χ3n) is 3.51. The standard InChI is InChI=1S/C16H23NO3/c1-5-17(13(4)9-16(19)20)15(18)10-14-8-11(2)6-7-12(14)3/h6-8,13H,5,9-10H2,1-4H3,(H,19,20). The van der Waals surface area contributed by atoms with E-state index < -0.39 is 5.97 Å². The zero-order chi connectivity index (χ0) is 15.3. The quantitative estimate of drug-likeness (QED) is 0.869. The Kier molecular flexibility index (Phi) is 5.74. The number of rotatable bonds is 6. The van der Waals surface area contributed by atoms with E-state index in [-0.39, 0.29) is 18.4 Å². The molecule has 0 aliphatic rings. The summed E-state index contributed by atoms with van der Waals surface area (Å²) in [4.78, 5) is 24.8. The molecule has 0 saturated heterocycles. The van der Waals surface area contributed by atoms with E-state index in [0.717, 1.165) is 16.7 Å². The van der Waals surface area contributed by atoms with E-state index in [2.05, 4.69) is 0 Å². The molecular formula is C16H23NO3. The summed E-state index contributed by atoms with van der Waals surface area (Å²) in [5.41, 5.74) is 3.22. The van der Waals surface area contributed by atoms with Crippen LogP contribution in [0.4, 0.5) is 0 Å². The lowest BCUT2D eigenvalue weighted by atomic mass is 10.0. The topological polar surface area (TPSA) is 57.6 Å². The smallest absolute Gasteiger partial charge is 0.305 e. The van der Waals surface area contributed by atoms with E-state index in [1.165, 1.54) is 0 Å². The van der Waals surface area contributed by atoms with Gasteiger partial charge in [0.1, 0.15) is 0 Å². The fraction of sp³-hybridized carbons (Fsp3) is 0.500. The average molecular weight is 277 g/mol. The summed E-state index contributed by atoms with van der Waals surface area (Å²) in [5.74, 6) is -0.898. The van der Waals surface area contributed by atoms with Gasteiger partial charge in [-0.25, -0.2) is 0 Å². The Labute approximate surface area is 120 Å². The number of nitrogens with zero attached hydrogens (tertiary/aromatic N) is 1. The molecule has 0 aliphatic carbocycles. The molecule has 1 unspecified atom stereocenters. The molecule has 1 aromatic carbocycles. The summed E-state index contributed by atoms with van der Waals surface area (Å²) in [6, 6.07) is 5.77. The van der Waals surface area contributed by atoms with Crippen molar-refractivity contribution in [3.05, 3.63) is 34.9 Å². The third-order valence-corrected chi connectivity index (χ3v) is 3.51. The van der Waals surface area contributed by atoms with Crippen LogP contribution >= 0.6 is 0 Å². The molecule has 110 valence electrons. The van der Waals surface area contributed by atoms with Gasteiger partial charge in [-0.2, -0.15) is 0 Å². The first-order valence-electron chi connectivity index (χ1n) is 6.92. The monoisotopic (exact) mass is 277 g/mol. The highest BCUT2D eigenvalue weighted by Gasteiger charge is 2.21. The molecule has 0 heterocycles. The number of aliphatic carboxylic acids is 1. The summed E-state index contributed by atoms with van der Waals surface area (Å²) in [7, 11) is 0.